The summed E-state index contributed by atoms with van der Waals surface area (Å²) in [6, 6.07) is 0. The fraction of sp³-hybridized carbons (Fsp3) is 0.182. The highest BCUT2D eigenvalue weighted by molar-refractivity contribution is 5.80. The Labute approximate surface area is 73.8 Å². The summed E-state index contributed by atoms with van der Waals surface area (Å²) >= 11 is 0. The lowest BCUT2D eigenvalue weighted by Crippen LogP contribution is -1.89. The lowest BCUT2D eigenvalue weighted by molar-refractivity contribution is -0.104. The topological polar surface area (TPSA) is 17.1 Å². The molecule has 0 amide bonds. The van der Waals surface area contributed by atoms with Crippen molar-refractivity contribution in [2.24, 2.45) is 0 Å². The van der Waals surface area contributed by atoms with Gasteiger partial charge in [0.05, 0.1) is 0 Å². The second-order valence-electron chi connectivity index (χ2n) is 2.26. The van der Waals surface area contributed by atoms with Crippen molar-refractivity contribution >= 4 is 6.29 Å². The maximum absolute atomic E-state index is 10.6. The molecule has 0 aromatic rings. The average molecular weight is 162 g/mol. The Morgan fingerprint density at radius 1 is 1.25 bits per heavy atom. The summed E-state index contributed by atoms with van der Waals surface area (Å²) in [5.74, 6) is 0. The van der Waals surface area contributed by atoms with Crippen molar-refractivity contribution in [3.05, 3.63) is 48.6 Å². The second-order valence-corrected chi connectivity index (χ2v) is 2.26. The third-order valence-electron chi connectivity index (χ3n) is 1.50. The molecule has 0 aliphatic rings. The minimum absolute atomic E-state index is 0.674. The number of allylic oxidation sites excluding steroid dienone is 6. The van der Waals surface area contributed by atoms with Gasteiger partial charge in [0.15, 0.2) is 0 Å². The van der Waals surface area contributed by atoms with E-state index in [2.05, 4.69) is 13.2 Å². The molecule has 0 aromatic heterocycles. The van der Waals surface area contributed by atoms with Crippen LogP contribution in [0.15, 0.2) is 48.6 Å². The van der Waals surface area contributed by atoms with Gasteiger partial charge in [0.1, 0.15) is 6.29 Å². The van der Waals surface area contributed by atoms with E-state index in [1.807, 2.05) is 13.0 Å². The number of rotatable bonds is 5. The zero-order valence-corrected chi connectivity index (χ0v) is 7.42. The minimum Gasteiger partial charge on any atom is -0.298 e. The molecule has 0 fully saturated rings. The van der Waals surface area contributed by atoms with Crippen LogP contribution in [0.1, 0.15) is 13.3 Å². The summed E-state index contributed by atoms with van der Waals surface area (Å²) < 4.78 is 0. The molecule has 0 aliphatic heterocycles. The molecule has 0 N–H and O–H groups in total. The third-order valence-corrected chi connectivity index (χ3v) is 1.50. The molecule has 0 atom stereocenters. The molecule has 0 spiro atoms. The molecular formula is C11H14O. The quantitative estimate of drug-likeness (QED) is 0.345. The highest BCUT2D eigenvalue weighted by atomic mass is 16.1. The highest BCUT2D eigenvalue weighted by Gasteiger charge is 1.98. The number of carbonyl (C=O) groups is 1. The molecule has 0 saturated heterocycles. The van der Waals surface area contributed by atoms with Crippen LogP contribution in [0.3, 0.4) is 0 Å². The first kappa shape index (κ1) is 10.6. The van der Waals surface area contributed by atoms with Gasteiger partial charge in [0.2, 0.25) is 0 Å². The van der Waals surface area contributed by atoms with E-state index in [0.29, 0.717) is 5.57 Å². The van der Waals surface area contributed by atoms with Gasteiger partial charge in [-0.05, 0) is 12.0 Å². The van der Waals surface area contributed by atoms with E-state index >= 15 is 0 Å². The van der Waals surface area contributed by atoms with E-state index in [4.69, 9.17) is 0 Å². The Kier molecular flexibility index (Phi) is 5.62. The largest absolute Gasteiger partial charge is 0.298 e. The fourth-order valence-corrected chi connectivity index (χ4v) is 0.909. The minimum atomic E-state index is 0.674. The number of carbonyl (C=O) groups excluding carboxylic acids is 1. The van der Waals surface area contributed by atoms with Crippen LogP contribution in [0, 0.1) is 0 Å². The van der Waals surface area contributed by atoms with Gasteiger partial charge in [-0.1, -0.05) is 44.4 Å². The molecule has 1 heteroatoms. The lowest BCUT2D eigenvalue weighted by atomic mass is 10.0. The van der Waals surface area contributed by atoms with Gasteiger partial charge < -0.3 is 0 Å². The molecule has 0 rings (SSSR count). The predicted octanol–water partition coefficient (Wildman–Crippen LogP) is 2.82. The number of hydrogen-bond donors (Lipinski definition) is 0. The van der Waals surface area contributed by atoms with Crippen molar-refractivity contribution in [3.8, 4) is 0 Å². The van der Waals surface area contributed by atoms with Crippen molar-refractivity contribution in [1.82, 2.24) is 0 Å². The Balaban J connectivity index is 4.78. The van der Waals surface area contributed by atoms with Gasteiger partial charge in [-0.3, -0.25) is 4.79 Å². The summed E-state index contributed by atoms with van der Waals surface area (Å²) in [7, 11) is 0. The monoisotopic (exact) mass is 162 g/mol. The van der Waals surface area contributed by atoms with Crippen molar-refractivity contribution in [3.63, 3.8) is 0 Å². The van der Waals surface area contributed by atoms with Gasteiger partial charge >= 0.3 is 0 Å². The summed E-state index contributed by atoms with van der Waals surface area (Å²) in [5.41, 5.74) is 1.66. The molecule has 0 saturated carbocycles. The average Bonchev–Trinajstić information content (AvgIpc) is 2.11. The van der Waals surface area contributed by atoms with Crippen LogP contribution in [-0.4, -0.2) is 6.29 Å². The molecule has 0 unspecified atom stereocenters. The van der Waals surface area contributed by atoms with Crippen LogP contribution in [0.25, 0.3) is 0 Å². The zero-order chi connectivity index (χ0) is 9.40. The molecule has 12 heavy (non-hydrogen) atoms. The van der Waals surface area contributed by atoms with Crippen LogP contribution in [0.5, 0.6) is 0 Å². The van der Waals surface area contributed by atoms with E-state index in [1.165, 1.54) is 0 Å². The maximum atomic E-state index is 10.6. The summed E-state index contributed by atoms with van der Waals surface area (Å²) in [5, 5.41) is 0. The van der Waals surface area contributed by atoms with Crippen molar-refractivity contribution < 1.29 is 4.79 Å². The molecule has 64 valence electrons. The first-order valence-corrected chi connectivity index (χ1v) is 3.90. The summed E-state index contributed by atoms with van der Waals surface area (Å²) in [6.07, 6.45) is 8.48. The molecule has 0 bridgehead atoms. The van der Waals surface area contributed by atoms with Crippen LogP contribution in [0.4, 0.5) is 0 Å². The Morgan fingerprint density at radius 3 is 2.17 bits per heavy atom. The zero-order valence-electron chi connectivity index (χ0n) is 7.42. The number of hydrogen-bond acceptors (Lipinski definition) is 1. The second kappa shape index (κ2) is 6.35. The molecule has 0 heterocycles. The van der Waals surface area contributed by atoms with E-state index in [9.17, 15) is 4.79 Å². The van der Waals surface area contributed by atoms with Crippen LogP contribution in [0.2, 0.25) is 0 Å². The molecule has 1 nitrogen and oxygen atoms in total. The smallest absolute Gasteiger partial charge is 0.150 e. The summed E-state index contributed by atoms with van der Waals surface area (Å²) in [4.78, 5) is 10.6. The number of aldehydes is 1. The highest BCUT2D eigenvalue weighted by Crippen LogP contribution is 2.11. The van der Waals surface area contributed by atoms with E-state index < -0.39 is 0 Å². The Hall–Kier alpha value is -1.37. The van der Waals surface area contributed by atoms with Crippen molar-refractivity contribution in [1.29, 1.82) is 0 Å². The van der Waals surface area contributed by atoms with Gasteiger partial charge in [-0.15, -0.1) is 0 Å². The first-order chi connectivity index (χ1) is 5.79. The van der Waals surface area contributed by atoms with Gasteiger partial charge in [-0.25, -0.2) is 0 Å². The van der Waals surface area contributed by atoms with Gasteiger partial charge in [0, 0.05) is 5.57 Å². The van der Waals surface area contributed by atoms with Gasteiger partial charge in [0.25, 0.3) is 0 Å². The molecule has 0 radical (unpaired) electrons. The van der Waals surface area contributed by atoms with Gasteiger partial charge in [-0.2, -0.15) is 0 Å². The Morgan fingerprint density at radius 2 is 1.83 bits per heavy atom. The van der Waals surface area contributed by atoms with Crippen LogP contribution >= 0.6 is 0 Å². The summed E-state index contributed by atoms with van der Waals surface area (Å²) in [6.45, 7) is 9.11. The third kappa shape index (κ3) is 3.15. The normalized spacial score (nSPS) is 12.4. The fourth-order valence-electron chi connectivity index (χ4n) is 0.909. The predicted molar refractivity (Wildman–Crippen MR) is 52.9 cm³/mol. The van der Waals surface area contributed by atoms with Crippen molar-refractivity contribution in [2.45, 2.75) is 13.3 Å². The Bertz CT molecular complexity index is 231. The lowest BCUT2D eigenvalue weighted by Gasteiger charge is -2.00. The van der Waals surface area contributed by atoms with Crippen molar-refractivity contribution in [2.75, 3.05) is 0 Å². The molecule has 0 aromatic carbocycles. The SMILES string of the molecule is C=C/C=C(CC)\C(C=O)=C/C=C. The van der Waals surface area contributed by atoms with Crippen LogP contribution < -0.4 is 0 Å². The first-order valence-electron chi connectivity index (χ1n) is 3.90. The molecular weight excluding hydrogens is 148 g/mol. The van der Waals surface area contributed by atoms with E-state index in [0.717, 1.165) is 18.3 Å². The molecule has 0 aliphatic carbocycles. The van der Waals surface area contributed by atoms with E-state index in [-0.39, 0.29) is 0 Å². The maximum Gasteiger partial charge on any atom is 0.150 e. The van der Waals surface area contributed by atoms with E-state index in [1.54, 1.807) is 18.2 Å². The van der Waals surface area contributed by atoms with Crippen LogP contribution in [-0.2, 0) is 4.79 Å². The standard InChI is InChI=1S/C11H14O/c1-4-7-10(6-3)11(9-12)8-5-2/h4-5,7-9H,1-2,6H2,3H3/b10-7-,11-8-.